The van der Waals surface area contributed by atoms with Crippen molar-refractivity contribution in [2.45, 2.75) is 65.6 Å². The molecule has 1 atom stereocenters. The maximum Gasteiger partial charge on any atom is 0.302 e. The fraction of sp³-hybridized carbons (Fsp3) is 0.600. The van der Waals surface area contributed by atoms with E-state index < -0.39 is 11.1 Å². The van der Waals surface area contributed by atoms with Crippen LogP contribution in [-0.2, 0) is 23.9 Å². The quantitative estimate of drug-likeness (QED) is 0.491. The molecule has 0 radical (unpaired) electrons. The Hall–Kier alpha value is -1.92. The molecule has 0 bridgehead atoms. The van der Waals surface area contributed by atoms with E-state index in [9.17, 15) is 9.59 Å². The van der Waals surface area contributed by atoms with Crippen LogP contribution < -0.4 is 0 Å². The van der Waals surface area contributed by atoms with Crippen LogP contribution in [0.15, 0.2) is 30.3 Å². The van der Waals surface area contributed by atoms with Gasteiger partial charge in [0.25, 0.3) is 0 Å². The molecule has 1 aromatic rings. The molecule has 0 aliphatic heterocycles. The van der Waals surface area contributed by atoms with Gasteiger partial charge in [-0.3, -0.25) is 14.4 Å². The molecule has 0 aliphatic rings. The number of carbonyl (C=O) groups excluding carboxylic acids is 2. The maximum absolute atomic E-state index is 11.3. The Morgan fingerprint density at radius 2 is 1.35 bits per heavy atom. The minimum atomic E-state index is -0.641. The fourth-order valence-electron chi connectivity index (χ4n) is 2.72. The van der Waals surface area contributed by atoms with Crippen LogP contribution in [0.25, 0.3) is 0 Å². The van der Waals surface area contributed by atoms with E-state index in [-0.39, 0.29) is 31.3 Å². The van der Waals surface area contributed by atoms with E-state index in [2.05, 4.69) is 0 Å². The number of hydroxylamine groups is 2. The second-order valence-electron chi connectivity index (χ2n) is 7.64. The third-order valence-electron chi connectivity index (χ3n) is 3.89. The first-order chi connectivity index (χ1) is 12.0. The van der Waals surface area contributed by atoms with E-state index in [1.807, 2.05) is 65.0 Å². The normalized spacial score (nSPS) is 13.4. The van der Waals surface area contributed by atoms with E-state index in [1.54, 1.807) is 5.06 Å². The summed E-state index contributed by atoms with van der Waals surface area (Å²) in [7, 11) is 0. The molecule has 0 amide bonds. The third-order valence-corrected chi connectivity index (χ3v) is 3.89. The Kier molecular flexibility index (Phi) is 7.78. The number of ether oxygens (including phenoxy) is 2. The van der Waals surface area contributed by atoms with Crippen molar-refractivity contribution in [3.05, 3.63) is 35.9 Å². The minimum absolute atomic E-state index is 0.146. The summed E-state index contributed by atoms with van der Waals surface area (Å²) in [5, 5.41) is 1.77. The molecule has 0 fully saturated rings. The molecule has 0 aromatic heterocycles. The van der Waals surface area contributed by atoms with Gasteiger partial charge in [0.2, 0.25) is 0 Å². The highest BCUT2D eigenvalue weighted by atomic mass is 16.7. The summed E-state index contributed by atoms with van der Waals surface area (Å²) >= 11 is 0. The van der Waals surface area contributed by atoms with E-state index in [0.717, 1.165) is 5.56 Å². The van der Waals surface area contributed by atoms with Crippen LogP contribution in [-0.4, -0.2) is 41.3 Å². The number of esters is 2. The second-order valence-corrected chi connectivity index (χ2v) is 7.64. The molecule has 1 unspecified atom stereocenters. The average Bonchev–Trinajstić information content (AvgIpc) is 2.56. The molecular weight excluding hydrogens is 334 g/mol. The van der Waals surface area contributed by atoms with Gasteiger partial charge in [-0.2, -0.15) is 5.06 Å². The van der Waals surface area contributed by atoms with E-state index >= 15 is 0 Å². The third kappa shape index (κ3) is 6.77. The van der Waals surface area contributed by atoms with Crippen LogP contribution in [0, 0.1) is 0 Å². The Morgan fingerprint density at radius 3 is 1.73 bits per heavy atom. The maximum atomic E-state index is 11.3. The molecule has 1 rings (SSSR count). The largest absolute Gasteiger partial charge is 0.464 e. The molecule has 6 nitrogen and oxygen atoms in total. The lowest BCUT2D eigenvalue weighted by atomic mass is 9.97. The summed E-state index contributed by atoms with van der Waals surface area (Å²) in [6, 6.07) is 9.83. The van der Waals surface area contributed by atoms with E-state index in [0.29, 0.717) is 0 Å². The van der Waals surface area contributed by atoms with Crippen LogP contribution in [0.1, 0.15) is 60.1 Å². The number of nitrogens with zero attached hydrogens (tertiary/aromatic N) is 1. The Morgan fingerprint density at radius 1 is 0.923 bits per heavy atom. The zero-order valence-electron chi connectivity index (χ0n) is 16.9. The van der Waals surface area contributed by atoms with Crippen molar-refractivity contribution in [1.29, 1.82) is 0 Å². The van der Waals surface area contributed by atoms with Crippen molar-refractivity contribution in [1.82, 2.24) is 5.06 Å². The van der Waals surface area contributed by atoms with Crippen molar-refractivity contribution < 1.29 is 23.9 Å². The molecule has 0 saturated heterocycles. The van der Waals surface area contributed by atoms with Gasteiger partial charge >= 0.3 is 11.9 Å². The Bertz CT molecular complexity index is 567. The molecular formula is C20H31NO5. The summed E-state index contributed by atoms with van der Waals surface area (Å²) in [6.07, 6.45) is -0.232. The van der Waals surface area contributed by atoms with Crippen molar-refractivity contribution in [2.75, 3.05) is 13.2 Å². The molecule has 1 aromatic carbocycles. The first kappa shape index (κ1) is 22.1. The van der Waals surface area contributed by atoms with E-state index in [4.69, 9.17) is 14.3 Å². The molecule has 0 N–H and O–H groups in total. The van der Waals surface area contributed by atoms with Crippen molar-refractivity contribution in [3.63, 3.8) is 0 Å². The number of benzene rings is 1. The van der Waals surface area contributed by atoms with E-state index in [1.165, 1.54) is 13.8 Å². The predicted octanol–water partition coefficient (Wildman–Crippen LogP) is 3.66. The molecule has 26 heavy (non-hydrogen) atoms. The van der Waals surface area contributed by atoms with Crippen molar-refractivity contribution >= 4 is 11.9 Å². The highest BCUT2D eigenvalue weighted by Crippen LogP contribution is 2.31. The molecule has 146 valence electrons. The second kappa shape index (κ2) is 9.14. The van der Waals surface area contributed by atoms with Gasteiger partial charge in [0.15, 0.2) is 0 Å². The number of hydrogen-bond acceptors (Lipinski definition) is 6. The van der Waals surface area contributed by atoms with Gasteiger partial charge in [-0.1, -0.05) is 30.3 Å². The van der Waals surface area contributed by atoms with Gasteiger partial charge in [0, 0.05) is 13.8 Å². The first-order valence-corrected chi connectivity index (χ1v) is 8.74. The van der Waals surface area contributed by atoms with Crippen LogP contribution in [0.2, 0.25) is 0 Å². The molecule has 0 heterocycles. The van der Waals surface area contributed by atoms with Gasteiger partial charge in [0.1, 0.15) is 19.3 Å². The molecule has 6 heteroatoms. The van der Waals surface area contributed by atoms with Crippen molar-refractivity contribution in [3.8, 4) is 0 Å². The average molecular weight is 365 g/mol. The van der Waals surface area contributed by atoms with Gasteiger partial charge in [0.05, 0.1) is 11.1 Å². The smallest absolute Gasteiger partial charge is 0.302 e. The Balaban J connectivity index is 3.07. The Labute approximate surface area is 156 Å². The predicted molar refractivity (Wildman–Crippen MR) is 99.2 cm³/mol. The number of carbonyl (C=O) groups is 2. The van der Waals surface area contributed by atoms with Gasteiger partial charge in [-0.15, -0.1) is 0 Å². The lowest BCUT2D eigenvalue weighted by molar-refractivity contribution is -0.302. The van der Waals surface area contributed by atoms with Crippen molar-refractivity contribution in [2.24, 2.45) is 0 Å². The topological polar surface area (TPSA) is 65.1 Å². The summed E-state index contributed by atoms with van der Waals surface area (Å²) in [5.41, 5.74) is -0.263. The zero-order chi connectivity index (χ0) is 20.0. The number of rotatable bonds is 9. The summed E-state index contributed by atoms with van der Waals surface area (Å²) in [4.78, 5) is 28.8. The molecule has 0 aliphatic carbocycles. The standard InChI is InChI=1S/C20H31NO5/c1-15(18-11-9-8-10-12-18)26-21(19(4,5)13-24-16(2)22)20(6,7)14-25-17(3)23/h8-12,15H,13-14H2,1-7H3. The lowest BCUT2D eigenvalue weighted by Gasteiger charge is -2.47. The van der Waals surface area contributed by atoms with Crippen LogP contribution in [0.4, 0.5) is 0 Å². The molecule has 0 spiro atoms. The summed E-state index contributed by atoms with van der Waals surface area (Å²) in [5.74, 6) is -0.709. The monoisotopic (exact) mass is 365 g/mol. The SMILES string of the molecule is CC(=O)OCC(C)(C)N(OC(C)c1ccccc1)C(C)(C)COC(C)=O. The van der Waals surface area contributed by atoms with Gasteiger partial charge in [-0.25, -0.2) is 0 Å². The minimum Gasteiger partial charge on any atom is -0.464 e. The van der Waals surface area contributed by atoms with Crippen LogP contribution in [0.5, 0.6) is 0 Å². The molecule has 0 saturated carbocycles. The highest BCUT2D eigenvalue weighted by Gasteiger charge is 2.42. The number of hydrogen-bond donors (Lipinski definition) is 0. The van der Waals surface area contributed by atoms with Crippen LogP contribution in [0.3, 0.4) is 0 Å². The van der Waals surface area contributed by atoms with Crippen LogP contribution >= 0.6 is 0 Å². The zero-order valence-corrected chi connectivity index (χ0v) is 16.9. The first-order valence-electron chi connectivity index (χ1n) is 8.74. The van der Waals surface area contributed by atoms with Gasteiger partial charge in [-0.05, 0) is 40.2 Å². The van der Waals surface area contributed by atoms with Gasteiger partial charge < -0.3 is 9.47 Å². The highest BCUT2D eigenvalue weighted by molar-refractivity contribution is 5.66. The lowest BCUT2D eigenvalue weighted by Crippen LogP contribution is -2.59. The summed E-state index contributed by atoms with van der Waals surface area (Å²) in [6.45, 7) is 12.7. The summed E-state index contributed by atoms with van der Waals surface area (Å²) < 4.78 is 10.5. The fourth-order valence-corrected chi connectivity index (χ4v) is 2.72.